The smallest absolute Gasteiger partial charge is 0.224 e. The van der Waals surface area contributed by atoms with E-state index in [2.05, 4.69) is 34.6 Å². The first-order valence-electron chi connectivity index (χ1n) is 8.75. The maximum absolute atomic E-state index is 11.3. The molecule has 7 heteroatoms. The number of nitrogens with zero attached hydrogens (tertiary/aromatic N) is 4. The second-order valence-corrected chi connectivity index (χ2v) is 8.01. The van der Waals surface area contributed by atoms with Gasteiger partial charge in [0.2, 0.25) is 5.91 Å². The minimum Gasteiger partial charge on any atom is -0.369 e. The van der Waals surface area contributed by atoms with E-state index in [4.69, 9.17) is 10.8 Å². The molecule has 1 amide bonds. The summed E-state index contributed by atoms with van der Waals surface area (Å²) < 4.78 is 2.08. The van der Waals surface area contributed by atoms with Crippen LogP contribution in [0.1, 0.15) is 41.8 Å². The zero-order valence-corrected chi connectivity index (χ0v) is 15.9. The molecule has 0 aromatic carbocycles. The van der Waals surface area contributed by atoms with Crippen LogP contribution in [-0.2, 0) is 24.1 Å². The third-order valence-electron chi connectivity index (χ3n) is 4.58. The highest BCUT2D eigenvalue weighted by Crippen LogP contribution is 2.42. The lowest BCUT2D eigenvalue weighted by molar-refractivity contribution is -0.117. The summed E-state index contributed by atoms with van der Waals surface area (Å²) in [6, 6.07) is 4.32. The number of rotatable bonds is 4. The maximum Gasteiger partial charge on any atom is 0.224 e. The number of hydrogen-bond acceptors (Lipinski definition) is 5. The lowest BCUT2D eigenvalue weighted by Gasteiger charge is -2.16. The van der Waals surface area contributed by atoms with Crippen LogP contribution in [0, 0.1) is 6.92 Å². The van der Waals surface area contributed by atoms with Crippen molar-refractivity contribution in [1.29, 1.82) is 0 Å². The molecule has 4 rings (SSSR count). The Bertz CT molecular complexity index is 984. The molecular formula is C19H21N5OS. The van der Waals surface area contributed by atoms with Gasteiger partial charge in [0.15, 0.2) is 0 Å². The second-order valence-electron chi connectivity index (χ2n) is 6.93. The van der Waals surface area contributed by atoms with Gasteiger partial charge in [0.05, 0.1) is 28.4 Å². The van der Waals surface area contributed by atoms with Crippen LogP contribution in [-0.4, -0.2) is 25.7 Å². The Labute approximate surface area is 156 Å². The fraction of sp³-hybridized carbons (Fsp3) is 0.368. The topological polar surface area (TPSA) is 86.7 Å². The monoisotopic (exact) mass is 367 g/mol. The van der Waals surface area contributed by atoms with E-state index in [1.54, 1.807) is 11.3 Å². The number of hydrogen-bond donors (Lipinski definition) is 1. The fourth-order valence-electron chi connectivity index (χ4n) is 3.38. The quantitative estimate of drug-likeness (QED) is 0.768. The van der Waals surface area contributed by atoms with E-state index in [0.717, 1.165) is 51.1 Å². The van der Waals surface area contributed by atoms with Gasteiger partial charge in [-0.1, -0.05) is 0 Å². The van der Waals surface area contributed by atoms with E-state index in [0.29, 0.717) is 0 Å². The predicted molar refractivity (Wildman–Crippen MR) is 102 cm³/mol. The minimum absolute atomic E-state index is 0.192. The molecule has 0 fully saturated rings. The summed E-state index contributed by atoms with van der Waals surface area (Å²) in [6.45, 7) is 6.24. The van der Waals surface area contributed by atoms with Gasteiger partial charge in [-0.05, 0) is 45.7 Å². The van der Waals surface area contributed by atoms with E-state index in [9.17, 15) is 4.79 Å². The Kier molecular flexibility index (Phi) is 4.11. The summed E-state index contributed by atoms with van der Waals surface area (Å²) in [4.78, 5) is 21.5. The molecule has 0 unspecified atom stereocenters. The summed E-state index contributed by atoms with van der Waals surface area (Å²) >= 11 is 1.56. The van der Waals surface area contributed by atoms with E-state index in [-0.39, 0.29) is 18.4 Å². The molecule has 0 saturated carbocycles. The van der Waals surface area contributed by atoms with Gasteiger partial charge in [-0.2, -0.15) is 5.10 Å². The van der Waals surface area contributed by atoms with Crippen LogP contribution in [0.3, 0.4) is 0 Å². The molecule has 0 atom stereocenters. The third-order valence-corrected chi connectivity index (χ3v) is 5.68. The first-order chi connectivity index (χ1) is 12.4. The number of nitrogens with two attached hydrogens (primary N) is 1. The number of carbonyl (C=O) groups excluding carboxylic acids is 1. The molecule has 1 aliphatic carbocycles. The first-order valence-corrected chi connectivity index (χ1v) is 9.57. The third kappa shape index (κ3) is 2.82. The van der Waals surface area contributed by atoms with Crippen molar-refractivity contribution in [3.8, 4) is 21.8 Å². The van der Waals surface area contributed by atoms with Gasteiger partial charge < -0.3 is 5.73 Å². The number of aryl methyl sites for hydroxylation is 2. The summed E-state index contributed by atoms with van der Waals surface area (Å²) in [5, 5.41) is 5.71. The van der Waals surface area contributed by atoms with Gasteiger partial charge in [-0.3, -0.25) is 14.5 Å². The summed E-state index contributed by atoms with van der Waals surface area (Å²) in [5.74, 6) is -0.347. The van der Waals surface area contributed by atoms with Gasteiger partial charge >= 0.3 is 0 Å². The lowest BCUT2D eigenvalue weighted by atomic mass is 9.95. The van der Waals surface area contributed by atoms with Crippen molar-refractivity contribution in [2.45, 2.75) is 46.1 Å². The standard InChI is InChI=1S/C19H21N5OS/c1-10(2)24-18-13(17(23-24)12-5-4-11(3)21-9-12)6-7-14-19(18)26-16(22-14)8-15(20)25/h4-5,9-10H,6-8H2,1-3H3,(H2,20,25). The minimum atomic E-state index is -0.347. The van der Waals surface area contributed by atoms with Crippen LogP contribution in [0.5, 0.6) is 0 Å². The molecule has 0 aliphatic heterocycles. The highest BCUT2D eigenvalue weighted by molar-refractivity contribution is 7.15. The zero-order valence-electron chi connectivity index (χ0n) is 15.1. The number of amides is 1. The molecule has 3 aromatic rings. The number of aromatic nitrogens is 4. The molecule has 3 aromatic heterocycles. The van der Waals surface area contributed by atoms with Crippen LogP contribution >= 0.6 is 11.3 Å². The predicted octanol–water partition coefficient (Wildman–Crippen LogP) is 3.08. The Morgan fingerprint density at radius 1 is 1.35 bits per heavy atom. The van der Waals surface area contributed by atoms with E-state index in [1.807, 2.05) is 19.2 Å². The van der Waals surface area contributed by atoms with E-state index in [1.165, 1.54) is 5.56 Å². The van der Waals surface area contributed by atoms with Crippen LogP contribution in [0.2, 0.25) is 0 Å². The molecular weight excluding hydrogens is 346 g/mol. The lowest BCUT2D eigenvalue weighted by Crippen LogP contribution is -2.13. The average Bonchev–Trinajstić information content (AvgIpc) is 3.15. The molecule has 3 heterocycles. The molecule has 134 valence electrons. The number of fused-ring (bicyclic) bond motifs is 3. The SMILES string of the molecule is Cc1ccc(-c2nn(C(C)C)c3c2CCc2nc(CC(N)=O)sc2-3)cn1. The first kappa shape index (κ1) is 16.9. The second kappa shape index (κ2) is 6.32. The van der Waals surface area contributed by atoms with Gasteiger partial charge in [-0.25, -0.2) is 4.98 Å². The molecule has 0 spiro atoms. The number of thiazole rings is 1. The number of pyridine rings is 1. The largest absolute Gasteiger partial charge is 0.369 e. The zero-order chi connectivity index (χ0) is 18.4. The fourth-order valence-corrected chi connectivity index (χ4v) is 4.57. The van der Waals surface area contributed by atoms with Gasteiger partial charge in [0, 0.05) is 29.1 Å². The molecule has 0 saturated heterocycles. The number of carbonyl (C=O) groups is 1. The van der Waals surface area contributed by atoms with Crippen molar-refractivity contribution >= 4 is 17.2 Å². The van der Waals surface area contributed by atoms with Crippen LogP contribution < -0.4 is 5.73 Å². The summed E-state index contributed by atoms with van der Waals surface area (Å²) in [6.07, 6.45) is 3.83. The van der Waals surface area contributed by atoms with Gasteiger partial charge in [0.25, 0.3) is 0 Å². The van der Waals surface area contributed by atoms with E-state index < -0.39 is 0 Å². The maximum atomic E-state index is 11.3. The average molecular weight is 367 g/mol. The molecule has 2 N–H and O–H groups in total. The highest BCUT2D eigenvalue weighted by Gasteiger charge is 2.30. The van der Waals surface area contributed by atoms with Crippen LogP contribution in [0.4, 0.5) is 0 Å². The summed E-state index contributed by atoms with van der Waals surface area (Å²) in [7, 11) is 0. The molecule has 0 bridgehead atoms. The summed E-state index contributed by atoms with van der Waals surface area (Å²) in [5.41, 5.74) is 11.8. The molecule has 6 nitrogen and oxygen atoms in total. The highest BCUT2D eigenvalue weighted by atomic mass is 32.1. The van der Waals surface area contributed by atoms with Crippen molar-refractivity contribution in [2.75, 3.05) is 0 Å². The normalized spacial score (nSPS) is 12.9. The van der Waals surface area contributed by atoms with Gasteiger partial charge in [-0.15, -0.1) is 11.3 Å². The Morgan fingerprint density at radius 2 is 2.15 bits per heavy atom. The van der Waals surface area contributed by atoms with Crippen molar-refractivity contribution < 1.29 is 4.79 Å². The van der Waals surface area contributed by atoms with Crippen LogP contribution in [0.15, 0.2) is 18.3 Å². The Hall–Kier alpha value is -2.54. The van der Waals surface area contributed by atoms with Crippen LogP contribution in [0.25, 0.3) is 21.8 Å². The molecule has 1 aliphatic rings. The molecule has 0 radical (unpaired) electrons. The molecule has 26 heavy (non-hydrogen) atoms. The van der Waals surface area contributed by atoms with Crippen molar-refractivity contribution in [3.05, 3.63) is 40.3 Å². The Balaban J connectivity index is 1.88. The van der Waals surface area contributed by atoms with E-state index >= 15 is 0 Å². The van der Waals surface area contributed by atoms with Crippen molar-refractivity contribution in [3.63, 3.8) is 0 Å². The number of primary amides is 1. The van der Waals surface area contributed by atoms with Crippen molar-refractivity contribution in [1.82, 2.24) is 19.7 Å². The Morgan fingerprint density at radius 3 is 2.81 bits per heavy atom. The van der Waals surface area contributed by atoms with Crippen molar-refractivity contribution in [2.24, 2.45) is 5.73 Å². The van der Waals surface area contributed by atoms with Gasteiger partial charge in [0.1, 0.15) is 5.01 Å².